The number of para-hydroxylation sites is 1. The molecule has 0 bridgehead atoms. The number of anilines is 1. The molecular formula is C19H21NO2. The van der Waals surface area contributed by atoms with Crippen LogP contribution in [0, 0.1) is 0 Å². The van der Waals surface area contributed by atoms with Crippen molar-refractivity contribution in [1.82, 2.24) is 0 Å². The van der Waals surface area contributed by atoms with Gasteiger partial charge < -0.3 is 9.64 Å². The molecule has 0 heterocycles. The molecule has 2 aromatic rings. The van der Waals surface area contributed by atoms with E-state index < -0.39 is 0 Å². The van der Waals surface area contributed by atoms with Gasteiger partial charge in [0.15, 0.2) is 0 Å². The van der Waals surface area contributed by atoms with E-state index in [9.17, 15) is 4.79 Å². The Morgan fingerprint density at radius 2 is 1.82 bits per heavy atom. The molecule has 0 fully saturated rings. The number of rotatable bonds is 7. The zero-order valence-electron chi connectivity index (χ0n) is 12.9. The minimum absolute atomic E-state index is 0.291. The molecule has 2 aromatic carbocycles. The number of ether oxygens (including phenoxy) is 1. The van der Waals surface area contributed by atoms with Crippen LogP contribution in [0.2, 0.25) is 0 Å². The predicted molar refractivity (Wildman–Crippen MR) is 90.1 cm³/mol. The molecule has 0 saturated heterocycles. The summed E-state index contributed by atoms with van der Waals surface area (Å²) in [5, 5.41) is 0. The Balaban J connectivity index is 2.32. The lowest BCUT2D eigenvalue weighted by molar-refractivity contribution is 0.0527. The average Bonchev–Trinajstić information content (AvgIpc) is 2.56. The minimum Gasteiger partial charge on any atom is -0.462 e. The summed E-state index contributed by atoms with van der Waals surface area (Å²) < 4.78 is 5.16. The first-order valence-corrected chi connectivity index (χ1v) is 7.42. The average molecular weight is 295 g/mol. The van der Waals surface area contributed by atoms with Crippen molar-refractivity contribution in [3.8, 4) is 0 Å². The van der Waals surface area contributed by atoms with Gasteiger partial charge in [-0.1, -0.05) is 48.5 Å². The minimum atomic E-state index is -0.291. The van der Waals surface area contributed by atoms with E-state index in [1.54, 1.807) is 6.07 Å². The SMILES string of the molecule is C=CCN(Cc1ccccc1)c1ccccc1C(=O)OCC. The number of carbonyl (C=O) groups is 1. The summed E-state index contributed by atoms with van der Waals surface area (Å²) in [7, 11) is 0. The first kappa shape index (κ1) is 15.8. The van der Waals surface area contributed by atoms with E-state index in [4.69, 9.17) is 4.74 Å². The fraction of sp³-hybridized carbons (Fsp3) is 0.211. The summed E-state index contributed by atoms with van der Waals surface area (Å²) in [4.78, 5) is 14.3. The Morgan fingerprint density at radius 1 is 1.14 bits per heavy atom. The van der Waals surface area contributed by atoms with Gasteiger partial charge in [0.25, 0.3) is 0 Å². The van der Waals surface area contributed by atoms with Crippen LogP contribution < -0.4 is 4.90 Å². The maximum absolute atomic E-state index is 12.2. The number of esters is 1. The highest BCUT2D eigenvalue weighted by Crippen LogP contribution is 2.23. The predicted octanol–water partition coefficient (Wildman–Crippen LogP) is 4.06. The molecule has 114 valence electrons. The molecule has 0 aliphatic heterocycles. The highest BCUT2D eigenvalue weighted by molar-refractivity contribution is 5.95. The van der Waals surface area contributed by atoms with Crippen molar-refractivity contribution in [2.75, 3.05) is 18.1 Å². The van der Waals surface area contributed by atoms with Crippen LogP contribution in [0.4, 0.5) is 5.69 Å². The van der Waals surface area contributed by atoms with Gasteiger partial charge in [0.2, 0.25) is 0 Å². The Hall–Kier alpha value is -2.55. The summed E-state index contributed by atoms with van der Waals surface area (Å²) in [6, 6.07) is 17.7. The monoisotopic (exact) mass is 295 g/mol. The van der Waals surface area contributed by atoms with Crippen molar-refractivity contribution in [2.45, 2.75) is 13.5 Å². The van der Waals surface area contributed by atoms with Gasteiger partial charge in [-0.15, -0.1) is 6.58 Å². The molecule has 0 N–H and O–H groups in total. The molecule has 0 atom stereocenters. The Kier molecular flexibility index (Phi) is 5.78. The highest BCUT2D eigenvalue weighted by atomic mass is 16.5. The quantitative estimate of drug-likeness (QED) is 0.570. The number of hydrogen-bond donors (Lipinski definition) is 0. The Morgan fingerprint density at radius 3 is 2.50 bits per heavy atom. The Labute approximate surface area is 131 Å². The zero-order valence-corrected chi connectivity index (χ0v) is 12.9. The van der Waals surface area contributed by atoms with Crippen LogP contribution in [-0.4, -0.2) is 19.1 Å². The summed E-state index contributed by atoms with van der Waals surface area (Å²) in [6.07, 6.45) is 1.84. The highest BCUT2D eigenvalue weighted by Gasteiger charge is 2.16. The lowest BCUT2D eigenvalue weighted by atomic mass is 10.1. The van der Waals surface area contributed by atoms with Gasteiger partial charge in [-0.25, -0.2) is 4.79 Å². The Bertz CT molecular complexity index is 622. The second-order valence-corrected chi connectivity index (χ2v) is 4.89. The van der Waals surface area contributed by atoms with Gasteiger partial charge in [-0.2, -0.15) is 0 Å². The molecule has 3 heteroatoms. The maximum Gasteiger partial charge on any atom is 0.340 e. The zero-order chi connectivity index (χ0) is 15.8. The lowest BCUT2D eigenvalue weighted by Gasteiger charge is -2.25. The summed E-state index contributed by atoms with van der Waals surface area (Å²) in [5.74, 6) is -0.291. The smallest absolute Gasteiger partial charge is 0.340 e. The molecule has 3 nitrogen and oxygen atoms in total. The summed E-state index contributed by atoms with van der Waals surface area (Å²) >= 11 is 0. The first-order chi connectivity index (χ1) is 10.8. The van der Waals surface area contributed by atoms with Gasteiger partial charge in [-0.3, -0.25) is 0 Å². The molecule has 22 heavy (non-hydrogen) atoms. The third-order valence-corrected chi connectivity index (χ3v) is 3.31. The number of benzene rings is 2. The molecule has 0 amide bonds. The third-order valence-electron chi connectivity index (χ3n) is 3.31. The van der Waals surface area contributed by atoms with E-state index in [-0.39, 0.29) is 5.97 Å². The molecule has 0 aliphatic rings. The standard InChI is InChI=1S/C19H21NO2/c1-3-14-20(15-16-10-6-5-7-11-16)18-13-9-8-12-17(18)19(21)22-4-2/h3,5-13H,1,4,14-15H2,2H3. The topological polar surface area (TPSA) is 29.5 Å². The van der Waals surface area contributed by atoms with Gasteiger partial charge in [0.05, 0.1) is 17.9 Å². The van der Waals surface area contributed by atoms with Gasteiger partial charge in [-0.05, 0) is 24.6 Å². The molecule has 2 rings (SSSR count). The molecule has 0 aromatic heterocycles. The fourth-order valence-electron chi connectivity index (χ4n) is 2.34. The fourth-order valence-corrected chi connectivity index (χ4v) is 2.34. The van der Waals surface area contributed by atoms with Crippen molar-refractivity contribution >= 4 is 11.7 Å². The van der Waals surface area contributed by atoms with Crippen molar-refractivity contribution in [2.24, 2.45) is 0 Å². The van der Waals surface area contributed by atoms with Crippen LogP contribution in [0.1, 0.15) is 22.8 Å². The maximum atomic E-state index is 12.2. The van der Waals surface area contributed by atoms with Gasteiger partial charge >= 0.3 is 5.97 Å². The van der Waals surface area contributed by atoms with E-state index in [0.717, 1.165) is 5.69 Å². The van der Waals surface area contributed by atoms with Crippen LogP contribution >= 0.6 is 0 Å². The normalized spacial score (nSPS) is 10.0. The molecule has 0 spiro atoms. The summed E-state index contributed by atoms with van der Waals surface area (Å²) in [6.45, 7) is 7.37. The molecule has 0 aliphatic carbocycles. The van der Waals surface area contributed by atoms with Crippen molar-refractivity contribution in [3.63, 3.8) is 0 Å². The van der Waals surface area contributed by atoms with Crippen molar-refractivity contribution in [3.05, 3.63) is 78.4 Å². The van der Waals surface area contributed by atoms with E-state index in [0.29, 0.717) is 25.3 Å². The first-order valence-electron chi connectivity index (χ1n) is 7.42. The second-order valence-electron chi connectivity index (χ2n) is 4.89. The van der Waals surface area contributed by atoms with Crippen LogP contribution in [0.25, 0.3) is 0 Å². The van der Waals surface area contributed by atoms with Gasteiger partial charge in [0, 0.05) is 13.1 Å². The van der Waals surface area contributed by atoms with Crippen molar-refractivity contribution in [1.29, 1.82) is 0 Å². The third kappa shape index (κ3) is 3.98. The largest absolute Gasteiger partial charge is 0.462 e. The molecule has 0 unspecified atom stereocenters. The number of carbonyl (C=O) groups excluding carboxylic acids is 1. The van der Waals surface area contributed by atoms with Crippen molar-refractivity contribution < 1.29 is 9.53 Å². The van der Waals surface area contributed by atoms with E-state index in [1.807, 2.05) is 49.4 Å². The number of nitrogens with zero attached hydrogens (tertiary/aromatic N) is 1. The van der Waals surface area contributed by atoms with Crippen LogP contribution in [0.5, 0.6) is 0 Å². The van der Waals surface area contributed by atoms with E-state index >= 15 is 0 Å². The van der Waals surface area contributed by atoms with Crippen LogP contribution in [-0.2, 0) is 11.3 Å². The molecular weight excluding hydrogens is 274 g/mol. The lowest BCUT2D eigenvalue weighted by Crippen LogP contribution is -2.25. The molecule has 0 radical (unpaired) electrons. The second kappa shape index (κ2) is 8.03. The van der Waals surface area contributed by atoms with E-state index in [1.165, 1.54) is 5.56 Å². The van der Waals surface area contributed by atoms with Crippen LogP contribution in [0.3, 0.4) is 0 Å². The van der Waals surface area contributed by atoms with Gasteiger partial charge in [0.1, 0.15) is 0 Å². The van der Waals surface area contributed by atoms with Crippen LogP contribution in [0.15, 0.2) is 67.3 Å². The number of hydrogen-bond acceptors (Lipinski definition) is 3. The molecule has 0 saturated carbocycles. The summed E-state index contributed by atoms with van der Waals surface area (Å²) in [5.41, 5.74) is 2.63. The van der Waals surface area contributed by atoms with E-state index in [2.05, 4.69) is 23.6 Å².